The van der Waals surface area contributed by atoms with Crippen LogP contribution in [0.25, 0.3) is 0 Å². The number of carboxylic acids is 1. The zero-order chi connectivity index (χ0) is 9.59. The highest BCUT2D eigenvalue weighted by Gasteiger charge is 2.54. The Morgan fingerprint density at radius 3 is 2.54 bits per heavy atom. The number of rotatable bonds is 1. The lowest BCUT2D eigenvalue weighted by Crippen LogP contribution is -2.36. The molecule has 0 aromatic rings. The third kappa shape index (κ3) is 1.22. The molecule has 2 rings (SSSR count). The molecule has 0 spiro atoms. The van der Waals surface area contributed by atoms with Crippen molar-refractivity contribution in [3.63, 3.8) is 0 Å². The van der Waals surface area contributed by atoms with Gasteiger partial charge in [0.2, 0.25) is 0 Å². The van der Waals surface area contributed by atoms with Crippen molar-refractivity contribution in [1.29, 1.82) is 0 Å². The standard InChI is InChI=1S/C7H10O6/c8-2-1-12-5-3(9)6(7(10)11)13-4(2)5/h2-6,8-9H,1H2,(H,10,11)/t2-,3+,4+,5+,6-/m0/s1. The van der Waals surface area contributed by atoms with Gasteiger partial charge in [0.15, 0.2) is 6.10 Å². The van der Waals surface area contributed by atoms with Crippen LogP contribution in [0.1, 0.15) is 0 Å². The summed E-state index contributed by atoms with van der Waals surface area (Å²) in [5.74, 6) is -1.24. The molecule has 6 nitrogen and oxygen atoms in total. The maximum absolute atomic E-state index is 10.5. The van der Waals surface area contributed by atoms with Gasteiger partial charge in [-0.05, 0) is 0 Å². The average molecular weight is 190 g/mol. The lowest BCUT2D eigenvalue weighted by Gasteiger charge is -2.12. The van der Waals surface area contributed by atoms with E-state index in [1.165, 1.54) is 0 Å². The van der Waals surface area contributed by atoms with Crippen molar-refractivity contribution >= 4 is 5.97 Å². The number of aliphatic hydroxyl groups excluding tert-OH is 2. The first-order chi connectivity index (χ1) is 6.11. The van der Waals surface area contributed by atoms with Gasteiger partial charge < -0.3 is 24.8 Å². The molecule has 0 aromatic heterocycles. The van der Waals surface area contributed by atoms with Gasteiger partial charge in [0, 0.05) is 0 Å². The highest BCUT2D eigenvalue weighted by molar-refractivity contribution is 5.73. The van der Waals surface area contributed by atoms with E-state index in [2.05, 4.69) is 0 Å². The van der Waals surface area contributed by atoms with Crippen LogP contribution in [0.3, 0.4) is 0 Å². The topological polar surface area (TPSA) is 96.2 Å². The minimum atomic E-state index is -1.29. The minimum Gasteiger partial charge on any atom is -0.479 e. The monoisotopic (exact) mass is 190 g/mol. The summed E-state index contributed by atoms with van der Waals surface area (Å²) in [5.41, 5.74) is 0. The van der Waals surface area contributed by atoms with Gasteiger partial charge >= 0.3 is 5.97 Å². The molecule has 2 aliphatic heterocycles. The Kier molecular flexibility index (Phi) is 1.99. The highest BCUT2D eigenvalue weighted by atomic mass is 16.6. The van der Waals surface area contributed by atoms with Gasteiger partial charge in [-0.3, -0.25) is 0 Å². The number of aliphatic carboxylic acids is 1. The van der Waals surface area contributed by atoms with Gasteiger partial charge in [-0.15, -0.1) is 0 Å². The summed E-state index contributed by atoms with van der Waals surface area (Å²) in [4.78, 5) is 10.5. The quantitative estimate of drug-likeness (QED) is 0.441. The molecular formula is C7H10O6. The van der Waals surface area contributed by atoms with E-state index in [1.807, 2.05) is 0 Å². The SMILES string of the molecule is O=C(O)[C@H]1O[C@H]2[C@H](OC[C@@H]2O)[C@H]1O. The molecule has 2 heterocycles. The summed E-state index contributed by atoms with van der Waals surface area (Å²) < 4.78 is 9.94. The van der Waals surface area contributed by atoms with Crippen molar-refractivity contribution in [2.24, 2.45) is 0 Å². The molecule has 0 unspecified atom stereocenters. The van der Waals surface area contributed by atoms with E-state index in [9.17, 15) is 15.0 Å². The lowest BCUT2D eigenvalue weighted by molar-refractivity contribution is -0.156. The normalized spacial score (nSPS) is 49.2. The molecule has 0 bridgehead atoms. The van der Waals surface area contributed by atoms with Crippen molar-refractivity contribution in [2.75, 3.05) is 6.61 Å². The van der Waals surface area contributed by atoms with Crippen LogP contribution in [-0.2, 0) is 14.3 Å². The molecular weight excluding hydrogens is 180 g/mol. The number of hydrogen-bond acceptors (Lipinski definition) is 5. The predicted octanol–water partition coefficient (Wildman–Crippen LogP) is -2.04. The number of ether oxygens (including phenoxy) is 2. The molecule has 2 saturated heterocycles. The first kappa shape index (κ1) is 8.89. The first-order valence-corrected chi connectivity index (χ1v) is 3.97. The minimum absolute atomic E-state index is 0.0821. The lowest BCUT2D eigenvalue weighted by atomic mass is 10.1. The molecule has 0 amide bonds. The summed E-state index contributed by atoms with van der Waals surface area (Å²) >= 11 is 0. The van der Waals surface area contributed by atoms with Crippen molar-refractivity contribution in [1.82, 2.24) is 0 Å². The largest absolute Gasteiger partial charge is 0.479 e. The van der Waals surface area contributed by atoms with Crippen LogP contribution in [0.5, 0.6) is 0 Å². The zero-order valence-corrected chi connectivity index (χ0v) is 6.66. The third-order valence-electron chi connectivity index (χ3n) is 2.36. The van der Waals surface area contributed by atoms with E-state index in [0.717, 1.165) is 0 Å². The zero-order valence-electron chi connectivity index (χ0n) is 6.66. The summed E-state index contributed by atoms with van der Waals surface area (Å²) in [6.45, 7) is 0.0821. The first-order valence-electron chi connectivity index (χ1n) is 3.97. The molecule has 2 fully saturated rings. The fourth-order valence-electron chi connectivity index (χ4n) is 1.71. The van der Waals surface area contributed by atoms with E-state index in [0.29, 0.717) is 0 Å². The van der Waals surface area contributed by atoms with E-state index >= 15 is 0 Å². The van der Waals surface area contributed by atoms with Crippen molar-refractivity contribution < 1.29 is 29.6 Å². The third-order valence-corrected chi connectivity index (χ3v) is 2.36. The smallest absolute Gasteiger partial charge is 0.335 e. The number of hydrogen-bond donors (Lipinski definition) is 3. The Labute approximate surface area is 73.7 Å². The van der Waals surface area contributed by atoms with Crippen LogP contribution in [0.2, 0.25) is 0 Å². The number of carboxylic acid groups (broad SMARTS) is 1. The predicted molar refractivity (Wildman–Crippen MR) is 38.1 cm³/mol. The Hall–Kier alpha value is -0.690. The Morgan fingerprint density at radius 2 is 2.00 bits per heavy atom. The van der Waals surface area contributed by atoms with Crippen molar-refractivity contribution in [3.05, 3.63) is 0 Å². The van der Waals surface area contributed by atoms with Crippen molar-refractivity contribution in [2.45, 2.75) is 30.5 Å². The molecule has 3 N–H and O–H groups in total. The molecule has 0 aromatic carbocycles. The van der Waals surface area contributed by atoms with E-state index in [4.69, 9.17) is 14.6 Å². The van der Waals surface area contributed by atoms with Gasteiger partial charge in [-0.2, -0.15) is 0 Å². The average Bonchev–Trinajstić information content (AvgIpc) is 2.55. The maximum atomic E-state index is 10.5. The van der Waals surface area contributed by atoms with Gasteiger partial charge in [-0.25, -0.2) is 4.79 Å². The molecule has 0 saturated carbocycles. The molecule has 74 valence electrons. The van der Waals surface area contributed by atoms with Crippen molar-refractivity contribution in [3.8, 4) is 0 Å². The fourth-order valence-corrected chi connectivity index (χ4v) is 1.71. The second-order valence-corrected chi connectivity index (χ2v) is 3.22. The summed E-state index contributed by atoms with van der Waals surface area (Å²) in [6.07, 6.45) is -4.75. The van der Waals surface area contributed by atoms with Gasteiger partial charge in [0.25, 0.3) is 0 Å². The molecule has 0 aliphatic carbocycles. The molecule has 2 aliphatic rings. The van der Waals surface area contributed by atoms with E-state index in [1.54, 1.807) is 0 Å². The van der Waals surface area contributed by atoms with Gasteiger partial charge in [-0.1, -0.05) is 0 Å². The molecule has 6 heteroatoms. The number of carbonyl (C=O) groups is 1. The van der Waals surface area contributed by atoms with Crippen LogP contribution in [0.15, 0.2) is 0 Å². The second-order valence-electron chi connectivity index (χ2n) is 3.22. The summed E-state index contributed by atoms with van der Waals surface area (Å²) in [7, 11) is 0. The van der Waals surface area contributed by atoms with Crippen LogP contribution < -0.4 is 0 Å². The Balaban J connectivity index is 2.13. The van der Waals surface area contributed by atoms with Gasteiger partial charge in [0.1, 0.15) is 24.4 Å². The molecule has 5 atom stereocenters. The number of fused-ring (bicyclic) bond motifs is 1. The molecule has 13 heavy (non-hydrogen) atoms. The maximum Gasteiger partial charge on any atom is 0.335 e. The van der Waals surface area contributed by atoms with Crippen LogP contribution in [-0.4, -0.2) is 58.4 Å². The summed E-state index contributed by atoms with van der Waals surface area (Å²) in [6, 6.07) is 0. The Bertz CT molecular complexity index is 229. The Morgan fingerprint density at radius 1 is 1.31 bits per heavy atom. The highest BCUT2D eigenvalue weighted by Crippen LogP contribution is 2.31. The van der Waals surface area contributed by atoms with Crippen LogP contribution in [0, 0.1) is 0 Å². The number of aliphatic hydroxyl groups is 2. The van der Waals surface area contributed by atoms with Gasteiger partial charge in [0.05, 0.1) is 6.61 Å². The van der Waals surface area contributed by atoms with Crippen LogP contribution >= 0.6 is 0 Å². The fraction of sp³-hybridized carbons (Fsp3) is 0.857. The van der Waals surface area contributed by atoms with E-state index < -0.39 is 36.5 Å². The second kappa shape index (κ2) is 2.91. The van der Waals surface area contributed by atoms with Crippen LogP contribution in [0.4, 0.5) is 0 Å². The van der Waals surface area contributed by atoms with E-state index in [-0.39, 0.29) is 6.61 Å². The summed E-state index contributed by atoms with van der Waals surface area (Å²) in [5, 5.41) is 27.3. The molecule has 0 radical (unpaired) electrons.